The van der Waals surface area contributed by atoms with E-state index in [0.29, 0.717) is 0 Å². The molecule has 0 N–H and O–H groups in total. The van der Waals surface area contributed by atoms with E-state index < -0.39 is 0 Å². The molecule has 0 bridgehead atoms. The molecule has 0 aliphatic heterocycles. The van der Waals surface area contributed by atoms with Crippen LogP contribution >= 0.6 is 23.4 Å². The molecule has 0 saturated carbocycles. The molecule has 0 atom stereocenters. The molecule has 0 spiro atoms. The largest absolute Gasteiger partial charge is 0.337 e. The van der Waals surface area contributed by atoms with Gasteiger partial charge in [0.2, 0.25) is 0 Å². The molecule has 1 aromatic rings. The van der Waals surface area contributed by atoms with Crippen molar-refractivity contribution >= 4 is 23.4 Å². The zero-order chi connectivity index (χ0) is 9.36. The van der Waals surface area contributed by atoms with E-state index in [1.54, 1.807) is 0 Å². The van der Waals surface area contributed by atoms with E-state index in [9.17, 15) is 0 Å². The second-order valence-corrected chi connectivity index (χ2v) is 4.41. The molecular formula is C9H15ClN2S. The third kappa shape index (κ3) is 5.21. The Kier molecular flexibility index (Phi) is 6.11. The normalized spacial score (nSPS) is 10.5. The molecule has 0 unspecified atom stereocenters. The summed E-state index contributed by atoms with van der Waals surface area (Å²) in [6, 6.07) is 0. The molecule has 0 aliphatic rings. The summed E-state index contributed by atoms with van der Waals surface area (Å²) in [6.45, 7) is 1.08. The first-order valence-corrected chi connectivity index (χ1v) is 6.22. The van der Waals surface area contributed by atoms with Gasteiger partial charge in [0.1, 0.15) is 0 Å². The highest BCUT2D eigenvalue weighted by Crippen LogP contribution is 2.06. The van der Waals surface area contributed by atoms with Gasteiger partial charge in [-0.15, -0.1) is 11.6 Å². The van der Waals surface area contributed by atoms with Crippen LogP contribution in [0.2, 0.25) is 0 Å². The minimum absolute atomic E-state index is 0.786. The van der Waals surface area contributed by atoms with E-state index in [2.05, 4.69) is 9.55 Å². The minimum atomic E-state index is 0.786. The molecule has 2 nitrogen and oxygen atoms in total. The zero-order valence-electron chi connectivity index (χ0n) is 7.66. The average molecular weight is 219 g/mol. The number of imidazole rings is 1. The summed E-state index contributed by atoms with van der Waals surface area (Å²) in [6.07, 6.45) is 8.02. The molecule has 4 heteroatoms. The minimum Gasteiger partial charge on any atom is -0.337 e. The fraction of sp³-hybridized carbons (Fsp3) is 0.667. The number of hydrogen-bond acceptors (Lipinski definition) is 2. The van der Waals surface area contributed by atoms with Gasteiger partial charge in [-0.05, 0) is 24.3 Å². The molecule has 1 heterocycles. The van der Waals surface area contributed by atoms with E-state index in [4.69, 9.17) is 11.6 Å². The molecule has 13 heavy (non-hydrogen) atoms. The number of aromatic nitrogens is 2. The first-order valence-electron chi connectivity index (χ1n) is 4.53. The van der Waals surface area contributed by atoms with Crippen molar-refractivity contribution in [3.05, 3.63) is 18.7 Å². The number of thioether (sulfide) groups is 1. The Balaban J connectivity index is 1.90. The standard InChI is InChI=1S/C9H15ClN2S/c10-3-1-7-13-8-2-5-12-6-4-11-9-12/h4,6,9H,1-3,5,7-8H2. The van der Waals surface area contributed by atoms with Gasteiger partial charge >= 0.3 is 0 Å². The van der Waals surface area contributed by atoms with Crippen LogP contribution in [0.5, 0.6) is 0 Å². The van der Waals surface area contributed by atoms with Gasteiger partial charge in [0.15, 0.2) is 0 Å². The summed E-state index contributed by atoms with van der Waals surface area (Å²) in [5.74, 6) is 3.19. The van der Waals surface area contributed by atoms with Crippen molar-refractivity contribution in [2.45, 2.75) is 19.4 Å². The summed E-state index contributed by atoms with van der Waals surface area (Å²) in [7, 11) is 0. The highest BCUT2D eigenvalue weighted by Gasteiger charge is 1.91. The predicted octanol–water partition coefficient (Wildman–Crippen LogP) is 2.64. The van der Waals surface area contributed by atoms with Gasteiger partial charge in [-0.1, -0.05) is 0 Å². The lowest BCUT2D eigenvalue weighted by Gasteiger charge is -2.01. The molecule has 1 aromatic heterocycles. The van der Waals surface area contributed by atoms with Crippen molar-refractivity contribution in [1.29, 1.82) is 0 Å². The van der Waals surface area contributed by atoms with E-state index >= 15 is 0 Å². The van der Waals surface area contributed by atoms with Crippen LogP contribution in [0.15, 0.2) is 18.7 Å². The topological polar surface area (TPSA) is 17.8 Å². The Bertz CT molecular complexity index is 201. The monoisotopic (exact) mass is 218 g/mol. The Morgan fingerprint density at radius 2 is 2.15 bits per heavy atom. The highest BCUT2D eigenvalue weighted by atomic mass is 35.5. The van der Waals surface area contributed by atoms with Gasteiger partial charge in [-0.3, -0.25) is 0 Å². The molecule has 0 aliphatic carbocycles. The van der Waals surface area contributed by atoms with Gasteiger partial charge in [0.05, 0.1) is 6.33 Å². The van der Waals surface area contributed by atoms with Crippen LogP contribution in [0, 0.1) is 0 Å². The molecular weight excluding hydrogens is 204 g/mol. The Hall–Kier alpha value is -0.150. The molecule has 1 rings (SSSR count). The van der Waals surface area contributed by atoms with Crippen molar-refractivity contribution in [2.75, 3.05) is 17.4 Å². The summed E-state index contributed by atoms with van der Waals surface area (Å²) in [4.78, 5) is 3.99. The Morgan fingerprint density at radius 3 is 2.85 bits per heavy atom. The third-order valence-corrected chi connectivity index (χ3v) is 3.11. The van der Waals surface area contributed by atoms with Crippen LogP contribution in [-0.2, 0) is 6.54 Å². The Morgan fingerprint density at radius 1 is 1.31 bits per heavy atom. The van der Waals surface area contributed by atoms with Gasteiger partial charge in [0.25, 0.3) is 0 Å². The van der Waals surface area contributed by atoms with Gasteiger partial charge in [-0.25, -0.2) is 4.98 Å². The lowest BCUT2D eigenvalue weighted by molar-refractivity contribution is 0.683. The van der Waals surface area contributed by atoms with E-state index in [1.165, 1.54) is 17.9 Å². The number of nitrogens with zero attached hydrogens (tertiary/aromatic N) is 2. The summed E-state index contributed by atoms with van der Waals surface area (Å²) in [5.41, 5.74) is 0. The smallest absolute Gasteiger partial charge is 0.0945 e. The first-order chi connectivity index (χ1) is 6.43. The average Bonchev–Trinajstić information content (AvgIpc) is 2.63. The second kappa shape index (κ2) is 7.27. The van der Waals surface area contributed by atoms with E-state index in [-0.39, 0.29) is 0 Å². The van der Waals surface area contributed by atoms with E-state index in [0.717, 1.165) is 18.8 Å². The van der Waals surface area contributed by atoms with Crippen LogP contribution in [0.1, 0.15) is 12.8 Å². The van der Waals surface area contributed by atoms with Gasteiger partial charge < -0.3 is 4.57 Å². The lowest BCUT2D eigenvalue weighted by atomic mass is 10.5. The van der Waals surface area contributed by atoms with Crippen LogP contribution in [0.25, 0.3) is 0 Å². The predicted molar refractivity (Wildman–Crippen MR) is 59.5 cm³/mol. The zero-order valence-corrected chi connectivity index (χ0v) is 9.23. The first kappa shape index (κ1) is 10.9. The number of hydrogen-bond donors (Lipinski definition) is 0. The van der Waals surface area contributed by atoms with Crippen LogP contribution in [0.3, 0.4) is 0 Å². The van der Waals surface area contributed by atoms with Crippen LogP contribution in [0.4, 0.5) is 0 Å². The summed E-state index contributed by atoms with van der Waals surface area (Å²) < 4.78 is 2.11. The second-order valence-electron chi connectivity index (χ2n) is 2.81. The molecule has 0 amide bonds. The fourth-order valence-corrected chi connectivity index (χ4v) is 2.20. The van der Waals surface area contributed by atoms with Crippen molar-refractivity contribution in [3.63, 3.8) is 0 Å². The summed E-state index contributed by atoms with van der Waals surface area (Å²) >= 11 is 7.55. The maximum atomic E-state index is 5.57. The third-order valence-electron chi connectivity index (χ3n) is 1.69. The maximum absolute atomic E-state index is 5.57. The molecule has 74 valence electrons. The number of halogens is 1. The summed E-state index contributed by atoms with van der Waals surface area (Å²) in [5, 5.41) is 0. The van der Waals surface area contributed by atoms with Crippen LogP contribution < -0.4 is 0 Å². The Labute approximate surface area is 88.7 Å². The maximum Gasteiger partial charge on any atom is 0.0945 e. The molecule has 0 aromatic carbocycles. The number of rotatable bonds is 7. The van der Waals surface area contributed by atoms with E-state index in [1.807, 2.05) is 30.5 Å². The van der Waals surface area contributed by atoms with Crippen LogP contribution in [-0.4, -0.2) is 26.9 Å². The number of alkyl halides is 1. The quantitative estimate of drug-likeness (QED) is 0.517. The van der Waals surface area contributed by atoms with Crippen molar-refractivity contribution < 1.29 is 0 Å². The fourth-order valence-electron chi connectivity index (χ4n) is 1.03. The molecule has 0 fully saturated rings. The lowest BCUT2D eigenvalue weighted by Crippen LogP contribution is -1.96. The van der Waals surface area contributed by atoms with Gasteiger partial charge in [0, 0.05) is 24.8 Å². The SMILES string of the molecule is ClCCCSCCCn1ccnc1. The highest BCUT2D eigenvalue weighted by molar-refractivity contribution is 7.99. The number of aryl methyl sites for hydroxylation is 1. The van der Waals surface area contributed by atoms with Crippen molar-refractivity contribution in [1.82, 2.24) is 9.55 Å². The van der Waals surface area contributed by atoms with Crippen molar-refractivity contribution in [3.8, 4) is 0 Å². The van der Waals surface area contributed by atoms with Crippen molar-refractivity contribution in [2.24, 2.45) is 0 Å². The molecule has 0 saturated heterocycles. The van der Waals surface area contributed by atoms with Gasteiger partial charge in [-0.2, -0.15) is 11.8 Å². The molecule has 0 radical (unpaired) electrons.